The first-order valence-electron chi connectivity index (χ1n) is 37.4. The predicted octanol–water partition coefficient (Wildman–Crippen LogP) is 24.0. The third-order valence-electron chi connectivity index (χ3n) is 20.3. The number of hydrogen-bond donors (Lipinski definition) is 0. The van der Waals surface area contributed by atoms with Crippen LogP contribution in [0.3, 0.4) is 0 Å². The van der Waals surface area contributed by atoms with E-state index in [1.165, 1.54) is 119 Å². The van der Waals surface area contributed by atoms with Crippen molar-refractivity contribution in [1.82, 2.24) is 0 Å². The molecule has 2 amide bonds. The summed E-state index contributed by atoms with van der Waals surface area (Å²) in [6.07, 6.45) is 29.6. The van der Waals surface area contributed by atoms with E-state index < -0.39 is 27.0 Å². The third kappa shape index (κ3) is 28.4. The number of ether oxygens (including phenoxy) is 2. The molecule has 3 saturated carbocycles. The van der Waals surface area contributed by atoms with E-state index in [4.69, 9.17) is 48.2 Å². The van der Waals surface area contributed by atoms with Crippen molar-refractivity contribution >= 4 is 112 Å². The number of halogens is 5. The number of carbonyl (C=O) groups is 1. The van der Waals surface area contributed by atoms with Crippen LogP contribution in [0.15, 0.2) is 163 Å². The Morgan fingerprint density at radius 2 is 0.916 bits per heavy atom. The summed E-state index contributed by atoms with van der Waals surface area (Å²) in [4.78, 5) is 30.9. The Morgan fingerprint density at radius 1 is 0.551 bits per heavy atom. The van der Waals surface area contributed by atoms with Gasteiger partial charge in [-0.25, -0.2) is 0 Å². The summed E-state index contributed by atoms with van der Waals surface area (Å²) in [5, 5.41) is 0. The number of amides is 2. The Morgan fingerprint density at radius 3 is 1.24 bits per heavy atom. The molecule has 6 aliphatic rings. The molecular weight excluding hydrogens is 1680 g/mol. The Labute approximate surface area is 683 Å². The number of nitrogens with zero attached hydrogens (tertiary/aromatic N) is 6. The molecule has 2 aliphatic heterocycles. The standard InChI is InChI=1S/C21H27N2.C21H26N2.C18H33P.C11H13NO2.C10H11NO2.C7H6.5ClH.Cu.2Ru/c2*1-14-9-16(3)20(17(4)10-14)22-7-8-23(13-22)21-18(5)11-15(2)12-19(21)6;1-4-10-16(11-5-1)19(17-12-6-2-7-13-17)18-14-8-3-9-15-18;1-4-12(9(2)13)10-5-7-11(14-3)8-6-10;1-8(12)11(2)9-4-6-10(13-3)7-5-9;1-7-5-3-2-4-6-7;;;;;;;;/h9-13H,7-8H2,1-6H3;9-13H,1,7-8H2,2-6H3;16-18H,1-15H2;4-8H,1H2,2-3H3;2,4-7H,1,3H3;1-6H;5*1H;;;/q-1;;;;;;;;;;;+1;2*+2/p-3. The van der Waals surface area contributed by atoms with E-state index >= 15 is 0 Å². The number of carbonyl (C=O) groups excluding carboxylic acids is 2. The summed E-state index contributed by atoms with van der Waals surface area (Å²) in [6.45, 7) is 43.5. The Hall–Kier alpha value is -4.85. The normalized spacial score (nSPS) is 16.1. The second-order valence-electron chi connectivity index (χ2n) is 28.7. The molecule has 107 heavy (non-hydrogen) atoms. The summed E-state index contributed by atoms with van der Waals surface area (Å²) in [7, 11) is 30.3. The molecule has 0 atom stereocenters. The van der Waals surface area contributed by atoms with Crippen molar-refractivity contribution in [3.05, 3.63) is 232 Å². The van der Waals surface area contributed by atoms with Crippen LogP contribution in [0.25, 0.3) is 0 Å². The summed E-state index contributed by atoms with van der Waals surface area (Å²) < 4.78 is 16.0. The number of methoxy groups -OCH3 is 2. The van der Waals surface area contributed by atoms with Gasteiger partial charge in [0.25, 0.3) is 0 Å². The van der Waals surface area contributed by atoms with E-state index in [9.17, 15) is 9.59 Å². The van der Waals surface area contributed by atoms with Crippen molar-refractivity contribution in [1.29, 1.82) is 0 Å². The molecule has 0 radical (unpaired) electrons. The minimum atomic E-state index is -1.98. The first-order valence-corrected chi connectivity index (χ1v) is 51.3. The average Bonchev–Trinajstić information content (AvgIpc) is 1.76. The van der Waals surface area contributed by atoms with Gasteiger partial charge in [-0.05, 0) is 203 Å². The molecule has 0 spiro atoms. The van der Waals surface area contributed by atoms with Gasteiger partial charge in [0.05, 0.1) is 36.3 Å². The first kappa shape index (κ1) is 91.0. The van der Waals surface area contributed by atoms with Crippen LogP contribution in [0.5, 0.6) is 11.5 Å². The average molecular weight is 1800 g/mol. The van der Waals surface area contributed by atoms with E-state index in [-0.39, 0.29) is 19.7 Å². The molecule has 10 nitrogen and oxygen atoms in total. The fourth-order valence-electron chi connectivity index (χ4n) is 16.2. The van der Waals surface area contributed by atoms with Crippen molar-refractivity contribution in [3.63, 3.8) is 0 Å². The van der Waals surface area contributed by atoms with Gasteiger partial charge in [-0.1, -0.05) is 123 Å². The van der Waals surface area contributed by atoms with Gasteiger partial charge in [-0.15, -0.1) is 0 Å². The van der Waals surface area contributed by atoms with E-state index in [0.29, 0.717) is 0 Å². The van der Waals surface area contributed by atoms with Crippen LogP contribution in [-0.2, 0) is 46.9 Å². The van der Waals surface area contributed by atoms with Crippen LogP contribution >= 0.6 is 56.8 Å². The minimum absolute atomic E-state index is 0.0465. The van der Waals surface area contributed by atoms with Gasteiger partial charge < -0.3 is 24.0 Å². The molecule has 6 aromatic rings. The fourth-order valence-corrected chi connectivity index (χ4v) is 25.0. The number of allylic oxidation sites excluding steroid dienone is 5. The molecule has 0 bridgehead atoms. The van der Waals surface area contributed by atoms with E-state index in [1.807, 2.05) is 59.2 Å². The van der Waals surface area contributed by atoms with Gasteiger partial charge in [0, 0.05) is 56.9 Å². The van der Waals surface area contributed by atoms with Crippen LogP contribution in [0.2, 0.25) is 0 Å². The van der Waals surface area contributed by atoms with Crippen LogP contribution < -0.4 is 34.0 Å². The number of rotatable bonds is 13. The fraction of sp³-hybridized carbons (Fsp3) is 0.420. The van der Waals surface area contributed by atoms with Gasteiger partial charge in [-0.2, -0.15) is 6.67 Å². The Bertz CT molecular complexity index is 3850. The van der Waals surface area contributed by atoms with Crippen LogP contribution in [0, 0.1) is 75.7 Å². The number of aryl methyl sites for hydroxylation is 9. The van der Waals surface area contributed by atoms with Crippen molar-refractivity contribution in [3.8, 4) is 11.5 Å². The molecule has 5 fully saturated rings. The molecule has 19 heteroatoms. The summed E-state index contributed by atoms with van der Waals surface area (Å²) in [5.74, 6) is 1.59. The second kappa shape index (κ2) is 46.9. The van der Waals surface area contributed by atoms with Crippen molar-refractivity contribution in [2.75, 3.05) is 64.9 Å². The number of anilines is 5. The Kier molecular flexibility index (Phi) is 39.9. The maximum atomic E-state index is 11.2. The zero-order valence-corrected chi connectivity index (χ0v) is 75.0. The molecule has 12 rings (SSSR count). The van der Waals surface area contributed by atoms with Gasteiger partial charge >= 0.3 is 206 Å². The zero-order chi connectivity index (χ0) is 78.4. The molecule has 2 saturated heterocycles. The molecule has 0 aromatic heterocycles. The van der Waals surface area contributed by atoms with Crippen molar-refractivity contribution < 1.29 is 65.8 Å². The first-order chi connectivity index (χ1) is 51.2. The number of benzene rings is 6. The van der Waals surface area contributed by atoms with Crippen LogP contribution in [0.1, 0.15) is 180 Å². The third-order valence-corrected chi connectivity index (χ3v) is 28.3. The molecule has 1 N–H and O–H groups in total. The molecule has 590 valence electrons. The van der Waals surface area contributed by atoms with E-state index in [2.05, 4.69) is 196 Å². The monoisotopic (exact) mass is 1800 g/mol. The van der Waals surface area contributed by atoms with Crippen LogP contribution in [0.4, 0.5) is 28.4 Å². The predicted molar refractivity (Wildman–Crippen MR) is 460 cm³/mol. The van der Waals surface area contributed by atoms with Crippen molar-refractivity contribution in [2.24, 2.45) is 0 Å². The summed E-state index contributed by atoms with van der Waals surface area (Å²) in [6, 6.07) is 38.0. The molecular formula is C88H118Cl5CuN6O4PRu2+. The maximum absolute atomic E-state index is 11.2. The molecule has 6 aromatic carbocycles. The topological polar surface area (TPSA) is 76.1 Å². The number of hydrogen-bond acceptors (Lipinski definition) is 6. The van der Waals surface area contributed by atoms with Crippen LogP contribution in [-0.4, -0.2) is 93.6 Å². The van der Waals surface area contributed by atoms with Gasteiger partial charge in [0.1, 0.15) is 19.0 Å². The van der Waals surface area contributed by atoms with Gasteiger partial charge in [-0.3, -0.25) is 9.69 Å². The Balaban J connectivity index is 0.000000204. The second-order valence-corrected chi connectivity index (χ2v) is 43.6. The summed E-state index contributed by atoms with van der Waals surface area (Å²) in [5.41, 5.74) is 27.6. The van der Waals surface area contributed by atoms with Crippen molar-refractivity contribution in [2.45, 2.75) is 203 Å². The van der Waals surface area contributed by atoms with E-state index in [1.54, 1.807) is 151 Å². The quantitative estimate of drug-likeness (QED) is 0.0377. The molecule has 4 aliphatic carbocycles. The summed E-state index contributed by atoms with van der Waals surface area (Å²) >= 11 is 0.0642. The van der Waals surface area contributed by atoms with Gasteiger partial charge in [0.15, 0.2) is 0 Å². The van der Waals surface area contributed by atoms with E-state index in [0.717, 1.165) is 60.2 Å². The SMILES string of the molecule is C1CCC([PH+](C2CCCCC2)C2CCCCC2)CC1.C=C1C=C(C)C(=[N+]2[CH-]N(c3c(C)cc(C)cc3C)CC2)C(C)=C1.C=CN(C(C)=O)c1ccc(OC)cc1.COc1ccc(N([CH]=[Ru]([Cl])[Cl])C(C)=[OH+])cc1.Cc1cc(C)c(N2[CH-]N(c3c(C)cc(C)cc3C)CC2)c(C)c1.[Cl][Cu].[Cl][Ru]([Cl])=[CH]c1ccccc1. The molecule has 0 unspecified atom stereocenters. The zero-order valence-electron chi connectivity index (χ0n) is 65.8. The van der Waals surface area contributed by atoms with Gasteiger partial charge in [0.2, 0.25) is 5.91 Å². The molecule has 2 heterocycles.